The van der Waals surface area contributed by atoms with Gasteiger partial charge in [0, 0.05) is 6.61 Å². The highest BCUT2D eigenvalue weighted by molar-refractivity contribution is 5.87. The van der Waals surface area contributed by atoms with E-state index in [1.165, 1.54) is 7.11 Å². The van der Waals surface area contributed by atoms with E-state index in [2.05, 4.69) is 14.7 Å². The molecule has 1 aromatic heterocycles. The van der Waals surface area contributed by atoms with Crippen LogP contribution in [0.4, 0.5) is 0 Å². The molecule has 1 atom stereocenters. The molecule has 5 heteroatoms. The monoisotopic (exact) mass is 222 g/mol. The van der Waals surface area contributed by atoms with Crippen molar-refractivity contribution in [2.24, 2.45) is 0 Å². The van der Waals surface area contributed by atoms with E-state index in [1.807, 2.05) is 0 Å². The third-order valence-electron chi connectivity index (χ3n) is 2.51. The summed E-state index contributed by atoms with van der Waals surface area (Å²) in [6.07, 6.45) is 1.96. The molecule has 1 aliphatic rings. The summed E-state index contributed by atoms with van der Waals surface area (Å²) in [5.41, 5.74) is 1.06. The summed E-state index contributed by atoms with van der Waals surface area (Å²) >= 11 is 0. The first-order chi connectivity index (χ1) is 7.70. The molecule has 0 saturated carbocycles. The fraction of sp³-hybridized carbons (Fsp3) is 0.545. The highest BCUT2D eigenvalue weighted by Crippen LogP contribution is 2.27. The number of ether oxygens (including phenoxy) is 2. The normalized spacial score (nSPS) is 19.8. The molecule has 2 heterocycles. The van der Waals surface area contributed by atoms with Gasteiger partial charge in [-0.15, -0.1) is 0 Å². The predicted molar refractivity (Wildman–Crippen MR) is 56.0 cm³/mol. The molecule has 2 rings (SSSR count). The zero-order chi connectivity index (χ0) is 11.5. The van der Waals surface area contributed by atoms with E-state index < -0.39 is 5.97 Å². The zero-order valence-corrected chi connectivity index (χ0v) is 9.40. The van der Waals surface area contributed by atoms with Crippen LogP contribution < -0.4 is 0 Å². The van der Waals surface area contributed by atoms with Crippen LogP contribution >= 0.6 is 0 Å². The molecule has 86 valence electrons. The third kappa shape index (κ3) is 2.19. The Morgan fingerprint density at radius 1 is 1.56 bits per heavy atom. The number of rotatable bonds is 2. The molecule has 1 aromatic rings. The Kier molecular flexibility index (Phi) is 3.14. The van der Waals surface area contributed by atoms with E-state index in [4.69, 9.17) is 4.74 Å². The van der Waals surface area contributed by atoms with Crippen molar-refractivity contribution in [2.75, 3.05) is 13.7 Å². The molecular formula is C11H14N2O3. The van der Waals surface area contributed by atoms with Gasteiger partial charge < -0.3 is 9.47 Å². The third-order valence-corrected chi connectivity index (χ3v) is 2.51. The number of methoxy groups -OCH3 is 1. The maximum absolute atomic E-state index is 11.4. The molecule has 5 nitrogen and oxygen atoms in total. The second kappa shape index (κ2) is 4.57. The summed E-state index contributed by atoms with van der Waals surface area (Å²) in [4.78, 5) is 19.7. The second-order valence-electron chi connectivity index (χ2n) is 3.72. The van der Waals surface area contributed by atoms with Gasteiger partial charge in [0.1, 0.15) is 5.82 Å². The van der Waals surface area contributed by atoms with Crippen LogP contribution in [0.1, 0.15) is 41.0 Å². The lowest BCUT2D eigenvalue weighted by Gasteiger charge is -2.10. The van der Waals surface area contributed by atoms with Gasteiger partial charge in [-0.2, -0.15) is 0 Å². The molecule has 1 saturated heterocycles. The van der Waals surface area contributed by atoms with Crippen LogP contribution in [-0.2, 0) is 9.47 Å². The van der Waals surface area contributed by atoms with Gasteiger partial charge in [0.15, 0.2) is 5.69 Å². The number of esters is 1. The molecule has 0 unspecified atom stereocenters. The minimum atomic E-state index is -0.440. The van der Waals surface area contributed by atoms with E-state index in [0.717, 1.165) is 25.1 Å². The molecule has 0 radical (unpaired) electrons. The highest BCUT2D eigenvalue weighted by Gasteiger charge is 2.21. The van der Waals surface area contributed by atoms with Crippen LogP contribution in [0.15, 0.2) is 6.07 Å². The number of nitrogens with zero attached hydrogens (tertiary/aromatic N) is 2. The molecule has 0 aromatic carbocycles. The second-order valence-corrected chi connectivity index (χ2v) is 3.72. The van der Waals surface area contributed by atoms with Gasteiger partial charge in [-0.05, 0) is 25.8 Å². The lowest BCUT2D eigenvalue weighted by Crippen LogP contribution is -2.10. The predicted octanol–water partition coefficient (Wildman–Crippen LogP) is 1.42. The number of carbonyl (C=O) groups excluding carboxylic acids is 1. The molecule has 1 aliphatic heterocycles. The van der Waals surface area contributed by atoms with Crippen LogP contribution in [0.2, 0.25) is 0 Å². The van der Waals surface area contributed by atoms with E-state index in [1.54, 1.807) is 13.0 Å². The van der Waals surface area contributed by atoms with Crippen LogP contribution in [0.5, 0.6) is 0 Å². The molecular weight excluding hydrogens is 208 g/mol. The topological polar surface area (TPSA) is 61.3 Å². The molecule has 0 spiro atoms. The largest absolute Gasteiger partial charge is 0.464 e. The Balaban J connectivity index is 2.31. The summed E-state index contributed by atoms with van der Waals surface area (Å²) in [5, 5.41) is 0. The number of aromatic nitrogens is 2. The summed E-state index contributed by atoms with van der Waals surface area (Å²) in [6, 6.07) is 1.65. The quantitative estimate of drug-likeness (QED) is 0.708. The number of carbonyl (C=O) groups is 1. The summed E-state index contributed by atoms with van der Waals surface area (Å²) in [6.45, 7) is 2.51. The van der Waals surface area contributed by atoms with E-state index in [-0.39, 0.29) is 6.10 Å². The molecule has 0 aliphatic carbocycles. The van der Waals surface area contributed by atoms with Crippen molar-refractivity contribution in [1.29, 1.82) is 0 Å². The highest BCUT2D eigenvalue weighted by atomic mass is 16.5. The Labute approximate surface area is 93.8 Å². The Bertz CT molecular complexity index is 400. The van der Waals surface area contributed by atoms with Gasteiger partial charge in [-0.25, -0.2) is 14.8 Å². The molecule has 1 fully saturated rings. The van der Waals surface area contributed by atoms with Crippen molar-refractivity contribution in [3.63, 3.8) is 0 Å². The maximum atomic E-state index is 11.4. The maximum Gasteiger partial charge on any atom is 0.356 e. The number of hydrogen-bond acceptors (Lipinski definition) is 5. The number of hydrogen-bond donors (Lipinski definition) is 0. The SMILES string of the molecule is COC(=O)c1cc([C@H]2CCCO2)nc(C)n1. The Hall–Kier alpha value is -1.49. The van der Waals surface area contributed by atoms with Crippen LogP contribution in [0.25, 0.3) is 0 Å². The zero-order valence-electron chi connectivity index (χ0n) is 9.40. The summed E-state index contributed by atoms with van der Waals surface area (Å²) in [7, 11) is 1.34. The van der Waals surface area contributed by atoms with Crippen LogP contribution in [0.3, 0.4) is 0 Å². The fourth-order valence-electron chi connectivity index (χ4n) is 1.78. The van der Waals surface area contributed by atoms with Gasteiger partial charge >= 0.3 is 5.97 Å². The molecule has 0 amide bonds. The first-order valence-electron chi connectivity index (χ1n) is 5.26. The minimum absolute atomic E-state index is 0.00916. The van der Waals surface area contributed by atoms with Gasteiger partial charge in [0.05, 0.1) is 18.9 Å². The molecule has 16 heavy (non-hydrogen) atoms. The molecule has 0 N–H and O–H groups in total. The fourth-order valence-corrected chi connectivity index (χ4v) is 1.78. The molecule has 0 bridgehead atoms. The lowest BCUT2D eigenvalue weighted by atomic mass is 10.1. The van der Waals surface area contributed by atoms with Gasteiger partial charge in [0.2, 0.25) is 0 Å². The Morgan fingerprint density at radius 3 is 3.00 bits per heavy atom. The smallest absolute Gasteiger partial charge is 0.356 e. The summed E-state index contributed by atoms with van der Waals surface area (Å²) < 4.78 is 10.2. The van der Waals surface area contributed by atoms with Crippen molar-refractivity contribution in [3.05, 3.63) is 23.3 Å². The van der Waals surface area contributed by atoms with Crippen molar-refractivity contribution >= 4 is 5.97 Å². The van der Waals surface area contributed by atoms with Crippen LogP contribution in [-0.4, -0.2) is 29.7 Å². The van der Waals surface area contributed by atoms with Crippen molar-refractivity contribution in [2.45, 2.75) is 25.9 Å². The van der Waals surface area contributed by atoms with Crippen LogP contribution in [0, 0.1) is 6.92 Å². The standard InChI is InChI=1S/C11H14N2O3/c1-7-12-8(10-4-3-5-16-10)6-9(13-7)11(14)15-2/h6,10H,3-5H2,1-2H3/t10-/m1/s1. The van der Waals surface area contributed by atoms with Gasteiger partial charge in [-0.1, -0.05) is 0 Å². The van der Waals surface area contributed by atoms with E-state index in [0.29, 0.717) is 11.5 Å². The Morgan fingerprint density at radius 2 is 2.38 bits per heavy atom. The lowest BCUT2D eigenvalue weighted by molar-refractivity contribution is 0.0592. The average molecular weight is 222 g/mol. The van der Waals surface area contributed by atoms with Crippen molar-refractivity contribution < 1.29 is 14.3 Å². The number of aryl methyl sites for hydroxylation is 1. The average Bonchev–Trinajstić information content (AvgIpc) is 2.80. The first kappa shape index (κ1) is 11.0. The van der Waals surface area contributed by atoms with Crippen molar-refractivity contribution in [1.82, 2.24) is 9.97 Å². The van der Waals surface area contributed by atoms with Crippen molar-refractivity contribution in [3.8, 4) is 0 Å². The minimum Gasteiger partial charge on any atom is -0.464 e. The van der Waals surface area contributed by atoms with Gasteiger partial charge in [-0.3, -0.25) is 0 Å². The first-order valence-corrected chi connectivity index (χ1v) is 5.26. The van der Waals surface area contributed by atoms with Gasteiger partial charge in [0.25, 0.3) is 0 Å². The van der Waals surface area contributed by atoms with E-state index in [9.17, 15) is 4.79 Å². The van der Waals surface area contributed by atoms with E-state index >= 15 is 0 Å². The summed E-state index contributed by atoms with van der Waals surface area (Å²) in [5.74, 6) is 0.123.